The predicted molar refractivity (Wildman–Crippen MR) is 73.7 cm³/mol. The number of carbonyl (C=O) groups is 1. The van der Waals surface area contributed by atoms with Gasteiger partial charge in [0.05, 0.1) is 5.92 Å². The first-order valence-corrected chi connectivity index (χ1v) is 7.19. The molecule has 1 aliphatic carbocycles. The molecule has 1 saturated carbocycles. The highest BCUT2D eigenvalue weighted by atomic mass is 16.4. The van der Waals surface area contributed by atoms with Gasteiger partial charge in [-0.1, -0.05) is 30.3 Å². The Morgan fingerprint density at radius 1 is 1.26 bits per heavy atom. The second-order valence-corrected chi connectivity index (χ2v) is 6.07. The molecule has 1 aliphatic heterocycles. The third-order valence-corrected chi connectivity index (χ3v) is 4.81. The maximum absolute atomic E-state index is 11.1. The van der Waals surface area contributed by atoms with E-state index in [0.717, 1.165) is 45.3 Å². The molecule has 0 bridgehead atoms. The van der Waals surface area contributed by atoms with E-state index in [9.17, 15) is 4.79 Å². The molecule has 2 unspecified atom stereocenters. The average molecular weight is 259 g/mol. The number of nitrogens with zero attached hydrogens (tertiary/aromatic N) is 1. The third-order valence-electron chi connectivity index (χ3n) is 4.81. The van der Waals surface area contributed by atoms with E-state index in [4.69, 9.17) is 5.11 Å². The number of aliphatic carboxylic acids is 1. The average Bonchev–Trinajstić information content (AvgIpc) is 3.16. The van der Waals surface area contributed by atoms with Gasteiger partial charge in [-0.25, -0.2) is 0 Å². The van der Waals surface area contributed by atoms with Crippen molar-refractivity contribution in [3.63, 3.8) is 0 Å². The first-order chi connectivity index (χ1) is 9.20. The molecule has 1 heterocycles. The largest absolute Gasteiger partial charge is 0.481 e. The first kappa shape index (κ1) is 12.7. The van der Waals surface area contributed by atoms with Crippen molar-refractivity contribution in [1.29, 1.82) is 0 Å². The lowest BCUT2D eigenvalue weighted by Crippen LogP contribution is -2.24. The summed E-state index contributed by atoms with van der Waals surface area (Å²) in [6.45, 7) is 3.14. The quantitative estimate of drug-likeness (QED) is 0.907. The second-order valence-electron chi connectivity index (χ2n) is 6.07. The van der Waals surface area contributed by atoms with E-state index in [2.05, 4.69) is 29.2 Å². The molecule has 1 aromatic rings. The normalized spacial score (nSPS) is 31.1. The Morgan fingerprint density at radius 3 is 2.74 bits per heavy atom. The van der Waals surface area contributed by atoms with Crippen LogP contribution in [0.1, 0.15) is 31.2 Å². The van der Waals surface area contributed by atoms with Crippen LogP contribution in [0.15, 0.2) is 30.3 Å². The van der Waals surface area contributed by atoms with Gasteiger partial charge >= 0.3 is 5.97 Å². The number of benzene rings is 1. The molecular weight excluding hydrogens is 238 g/mol. The zero-order valence-corrected chi connectivity index (χ0v) is 11.2. The van der Waals surface area contributed by atoms with Crippen molar-refractivity contribution in [2.75, 3.05) is 13.1 Å². The van der Waals surface area contributed by atoms with E-state index in [0.29, 0.717) is 0 Å². The number of hydrogen-bond acceptors (Lipinski definition) is 2. The van der Waals surface area contributed by atoms with Gasteiger partial charge < -0.3 is 5.11 Å². The summed E-state index contributed by atoms with van der Waals surface area (Å²) in [5, 5.41) is 9.15. The Hall–Kier alpha value is -1.35. The summed E-state index contributed by atoms with van der Waals surface area (Å²) in [4.78, 5) is 13.6. The Kier molecular flexibility index (Phi) is 3.31. The van der Waals surface area contributed by atoms with Crippen molar-refractivity contribution >= 4 is 5.97 Å². The van der Waals surface area contributed by atoms with Crippen LogP contribution < -0.4 is 0 Å². The van der Waals surface area contributed by atoms with Gasteiger partial charge in [0.1, 0.15) is 0 Å². The smallest absolute Gasteiger partial charge is 0.307 e. The van der Waals surface area contributed by atoms with Gasteiger partial charge in [-0.2, -0.15) is 0 Å². The fourth-order valence-corrected chi connectivity index (χ4v) is 3.52. The number of hydrogen-bond donors (Lipinski definition) is 1. The monoisotopic (exact) mass is 259 g/mol. The number of likely N-dealkylation sites (tertiary alicyclic amines) is 1. The van der Waals surface area contributed by atoms with E-state index in [1.807, 2.05) is 6.07 Å². The summed E-state index contributed by atoms with van der Waals surface area (Å²) >= 11 is 0. The maximum atomic E-state index is 11.1. The van der Waals surface area contributed by atoms with Crippen molar-refractivity contribution in [2.45, 2.75) is 32.2 Å². The third kappa shape index (κ3) is 2.66. The second kappa shape index (κ2) is 4.97. The van der Waals surface area contributed by atoms with Gasteiger partial charge in [0.2, 0.25) is 0 Å². The van der Waals surface area contributed by atoms with Crippen molar-refractivity contribution in [1.82, 2.24) is 4.90 Å². The van der Waals surface area contributed by atoms with Crippen LogP contribution in [0.25, 0.3) is 0 Å². The zero-order valence-electron chi connectivity index (χ0n) is 11.2. The van der Waals surface area contributed by atoms with Crippen molar-refractivity contribution in [2.24, 2.45) is 11.3 Å². The first-order valence-electron chi connectivity index (χ1n) is 7.19. The highest BCUT2D eigenvalue weighted by molar-refractivity contribution is 5.74. The van der Waals surface area contributed by atoms with Crippen LogP contribution in [0.4, 0.5) is 0 Å². The lowest BCUT2D eigenvalue weighted by atomic mass is 9.94. The van der Waals surface area contributed by atoms with Crippen molar-refractivity contribution in [3.8, 4) is 0 Å². The molecule has 1 saturated heterocycles. The van der Waals surface area contributed by atoms with E-state index in [1.165, 1.54) is 5.56 Å². The summed E-state index contributed by atoms with van der Waals surface area (Å²) in [7, 11) is 0. The summed E-state index contributed by atoms with van der Waals surface area (Å²) in [5.41, 5.74) is 1.49. The topological polar surface area (TPSA) is 40.5 Å². The van der Waals surface area contributed by atoms with Gasteiger partial charge in [0, 0.05) is 6.54 Å². The Morgan fingerprint density at radius 2 is 2.05 bits per heavy atom. The molecule has 2 atom stereocenters. The minimum absolute atomic E-state index is 0.0656. The summed E-state index contributed by atoms with van der Waals surface area (Å²) in [6, 6.07) is 10.5. The number of carboxylic acids is 1. The van der Waals surface area contributed by atoms with E-state index in [1.54, 1.807) is 0 Å². The van der Waals surface area contributed by atoms with Crippen LogP contribution >= 0.6 is 0 Å². The highest BCUT2D eigenvalue weighted by Crippen LogP contribution is 2.59. The molecule has 0 amide bonds. The summed E-state index contributed by atoms with van der Waals surface area (Å²) in [5.74, 6) is -0.652. The molecule has 19 heavy (non-hydrogen) atoms. The molecule has 1 spiro atoms. The molecular formula is C16H21NO2. The fraction of sp³-hybridized carbons (Fsp3) is 0.562. The van der Waals surface area contributed by atoms with E-state index >= 15 is 0 Å². The standard InChI is InChI=1S/C16H21NO2/c18-15(19)14-11-16(14)7-4-9-17(10-8-16)12-13-5-2-1-3-6-13/h1-3,5-6,14H,4,7-12H2,(H,18,19). The molecule has 3 nitrogen and oxygen atoms in total. The molecule has 2 aliphatic rings. The van der Waals surface area contributed by atoms with Crippen LogP contribution in [-0.4, -0.2) is 29.1 Å². The number of rotatable bonds is 3. The van der Waals surface area contributed by atoms with Crippen LogP contribution in [0.5, 0.6) is 0 Å². The van der Waals surface area contributed by atoms with Gasteiger partial charge in [-0.15, -0.1) is 0 Å². The molecule has 3 heteroatoms. The minimum Gasteiger partial charge on any atom is -0.481 e. The van der Waals surface area contributed by atoms with Gasteiger partial charge in [0.25, 0.3) is 0 Å². The maximum Gasteiger partial charge on any atom is 0.307 e. The summed E-state index contributed by atoms with van der Waals surface area (Å²) < 4.78 is 0. The molecule has 0 aromatic heterocycles. The minimum atomic E-state index is -0.587. The Bertz CT molecular complexity index is 459. The van der Waals surface area contributed by atoms with E-state index in [-0.39, 0.29) is 11.3 Å². The van der Waals surface area contributed by atoms with Crippen LogP contribution in [-0.2, 0) is 11.3 Å². The molecule has 1 N–H and O–H groups in total. The van der Waals surface area contributed by atoms with Crippen LogP contribution in [0, 0.1) is 11.3 Å². The molecule has 1 aromatic carbocycles. The summed E-state index contributed by atoms with van der Waals surface area (Å²) in [6.07, 6.45) is 4.18. The van der Waals surface area contributed by atoms with Crippen LogP contribution in [0.2, 0.25) is 0 Å². The Labute approximate surface area is 114 Å². The van der Waals surface area contributed by atoms with Gasteiger partial charge in [-0.05, 0) is 49.8 Å². The van der Waals surface area contributed by atoms with E-state index < -0.39 is 5.97 Å². The van der Waals surface area contributed by atoms with Crippen molar-refractivity contribution < 1.29 is 9.90 Å². The molecule has 2 fully saturated rings. The van der Waals surface area contributed by atoms with Gasteiger partial charge in [-0.3, -0.25) is 9.69 Å². The molecule has 0 radical (unpaired) electrons. The zero-order chi connectivity index (χ0) is 13.3. The number of carboxylic acid groups (broad SMARTS) is 1. The predicted octanol–water partition coefficient (Wildman–Crippen LogP) is 2.76. The van der Waals surface area contributed by atoms with Crippen LogP contribution in [0.3, 0.4) is 0 Å². The lowest BCUT2D eigenvalue weighted by molar-refractivity contribution is -0.139. The molecule has 3 rings (SSSR count). The Balaban J connectivity index is 1.58. The van der Waals surface area contributed by atoms with Gasteiger partial charge in [0.15, 0.2) is 0 Å². The van der Waals surface area contributed by atoms with Crippen molar-refractivity contribution in [3.05, 3.63) is 35.9 Å². The molecule has 102 valence electrons. The fourth-order valence-electron chi connectivity index (χ4n) is 3.52. The highest BCUT2D eigenvalue weighted by Gasteiger charge is 2.57. The lowest BCUT2D eigenvalue weighted by Gasteiger charge is -2.20. The SMILES string of the molecule is O=C(O)C1CC12CCCN(Cc1ccccc1)CC2.